The molecule has 0 bridgehead atoms. The van der Waals surface area contributed by atoms with Gasteiger partial charge in [-0.25, -0.2) is 4.68 Å². The Morgan fingerprint density at radius 2 is 2.04 bits per heavy atom. The SMILES string of the molecule is COc1cc(-c2nnc(SCC(=O)O)n2-n2cccc2)ccc1O. The zero-order valence-corrected chi connectivity index (χ0v) is 13.5. The van der Waals surface area contributed by atoms with Crippen LogP contribution in [0.4, 0.5) is 0 Å². The Balaban J connectivity index is 2.09. The molecule has 0 spiro atoms. The quantitative estimate of drug-likeness (QED) is 0.658. The molecule has 1 aromatic carbocycles. The van der Waals surface area contributed by atoms with E-state index in [1.807, 2.05) is 12.1 Å². The van der Waals surface area contributed by atoms with Crippen molar-refractivity contribution in [2.45, 2.75) is 5.16 Å². The van der Waals surface area contributed by atoms with Crippen molar-refractivity contribution in [3.63, 3.8) is 0 Å². The van der Waals surface area contributed by atoms with Gasteiger partial charge in [0.2, 0.25) is 5.16 Å². The Hall–Kier alpha value is -2.94. The number of aromatic nitrogens is 4. The van der Waals surface area contributed by atoms with Crippen LogP contribution in [0.1, 0.15) is 0 Å². The van der Waals surface area contributed by atoms with Gasteiger partial charge in [-0.1, -0.05) is 11.8 Å². The number of carbonyl (C=O) groups is 1. The number of aliphatic carboxylic acids is 1. The van der Waals surface area contributed by atoms with Crippen molar-refractivity contribution in [3.8, 4) is 22.9 Å². The van der Waals surface area contributed by atoms with Crippen molar-refractivity contribution < 1.29 is 19.7 Å². The largest absolute Gasteiger partial charge is 0.504 e. The number of phenolic OH excluding ortho intramolecular Hbond substituents is 1. The van der Waals surface area contributed by atoms with Gasteiger partial charge in [0.1, 0.15) is 0 Å². The van der Waals surface area contributed by atoms with E-state index in [1.54, 1.807) is 33.9 Å². The maximum absolute atomic E-state index is 10.8. The van der Waals surface area contributed by atoms with Crippen LogP contribution in [0.3, 0.4) is 0 Å². The molecule has 0 aliphatic rings. The maximum atomic E-state index is 10.8. The highest BCUT2D eigenvalue weighted by atomic mass is 32.2. The third-order valence-electron chi connectivity index (χ3n) is 3.19. The molecule has 0 saturated heterocycles. The molecule has 0 fully saturated rings. The molecule has 0 saturated carbocycles. The molecular formula is C15H14N4O4S. The molecule has 0 aliphatic heterocycles. The number of nitrogens with zero attached hydrogens (tertiary/aromatic N) is 4. The summed E-state index contributed by atoms with van der Waals surface area (Å²) in [6.45, 7) is 0. The van der Waals surface area contributed by atoms with E-state index >= 15 is 0 Å². The fourth-order valence-electron chi connectivity index (χ4n) is 2.15. The van der Waals surface area contributed by atoms with Gasteiger partial charge < -0.3 is 14.9 Å². The average molecular weight is 346 g/mol. The Morgan fingerprint density at radius 3 is 2.71 bits per heavy atom. The highest BCUT2D eigenvalue weighted by Crippen LogP contribution is 2.32. The van der Waals surface area contributed by atoms with Gasteiger partial charge in [-0.15, -0.1) is 10.2 Å². The predicted octanol–water partition coefficient (Wildman–Crippen LogP) is 1.95. The van der Waals surface area contributed by atoms with Gasteiger partial charge in [-0.05, 0) is 30.3 Å². The minimum atomic E-state index is -0.935. The van der Waals surface area contributed by atoms with Gasteiger partial charge in [0.15, 0.2) is 17.3 Å². The highest BCUT2D eigenvalue weighted by molar-refractivity contribution is 7.99. The first-order valence-electron chi connectivity index (χ1n) is 6.91. The molecule has 2 N–H and O–H groups in total. The highest BCUT2D eigenvalue weighted by Gasteiger charge is 2.18. The standard InChI is InChI=1S/C15H14N4O4S/c1-23-12-8-10(4-5-11(12)20)14-16-17-15(24-9-13(21)22)19(14)18-6-2-3-7-18/h2-8,20H,9H2,1H3,(H,21,22). The lowest BCUT2D eigenvalue weighted by Gasteiger charge is -2.11. The van der Waals surface area contributed by atoms with E-state index in [4.69, 9.17) is 9.84 Å². The van der Waals surface area contributed by atoms with Crippen LogP contribution in [0.25, 0.3) is 11.4 Å². The zero-order chi connectivity index (χ0) is 17.1. The summed E-state index contributed by atoms with van der Waals surface area (Å²) in [5, 5.41) is 27.3. The van der Waals surface area contributed by atoms with Gasteiger partial charge in [0, 0.05) is 18.0 Å². The molecule has 0 atom stereocenters. The summed E-state index contributed by atoms with van der Waals surface area (Å²) in [6, 6.07) is 8.52. The van der Waals surface area contributed by atoms with Crippen LogP contribution in [-0.2, 0) is 4.79 Å². The second-order valence-electron chi connectivity index (χ2n) is 4.75. The summed E-state index contributed by atoms with van der Waals surface area (Å²) in [6.07, 6.45) is 3.60. The maximum Gasteiger partial charge on any atom is 0.313 e. The number of thioether (sulfide) groups is 1. The third kappa shape index (κ3) is 3.06. The lowest BCUT2D eigenvalue weighted by Crippen LogP contribution is -2.11. The van der Waals surface area contributed by atoms with E-state index in [0.717, 1.165) is 11.8 Å². The Labute approximate surface area is 141 Å². The van der Waals surface area contributed by atoms with Gasteiger partial charge in [0.05, 0.1) is 12.9 Å². The Kier molecular flexibility index (Phi) is 4.43. The number of benzene rings is 1. The Bertz CT molecular complexity index is 860. The van der Waals surface area contributed by atoms with E-state index in [2.05, 4.69) is 10.2 Å². The number of carboxylic acid groups (broad SMARTS) is 1. The van der Waals surface area contributed by atoms with Crippen molar-refractivity contribution >= 4 is 17.7 Å². The zero-order valence-electron chi connectivity index (χ0n) is 12.7. The second-order valence-corrected chi connectivity index (χ2v) is 5.69. The summed E-state index contributed by atoms with van der Waals surface area (Å²) in [5.74, 6) is -0.228. The lowest BCUT2D eigenvalue weighted by atomic mass is 10.2. The number of methoxy groups -OCH3 is 1. The average Bonchev–Trinajstić information content (AvgIpc) is 3.22. The van der Waals surface area contributed by atoms with Crippen molar-refractivity contribution in [1.29, 1.82) is 0 Å². The van der Waals surface area contributed by atoms with Crippen molar-refractivity contribution in [3.05, 3.63) is 42.7 Å². The fourth-order valence-corrected chi connectivity index (χ4v) is 2.80. The van der Waals surface area contributed by atoms with Crippen molar-refractivity contribution in [1.82, 2.24) is 19.5 Å². The molecular weight excluding hydrogens is 332 g/mol. The first-order valence-corrected chi connectivity index (χ1v) is 7.89. The molecule has 9 heteroatoms. The number of ether oxygens (including phenoxy) is 1. The molecule has 3 rings (SSSR count). The normalized spacial score (nSPS) is 10.7. The molecule has 2 aromatic heterocycles. The van der Waals surface area contributed by atoms with Crippen LogP contribution in [0.5, 0.6) is 11.5 Å². The number of carboxylic acids is 1. The summed E-state index contributed by atoms with van der Waals surface area (Å²) in [5.41, 5.74) is 0.674. The van der Waals surface area contributed by atoms with Gasteiger partial charge in [0.25, 0.3) is 0 Å². The summed E-state index contributed by atoms with van der Waals surface area (Å²) in [4.78, 5) is 10.8. The minimum absolute atomic E-state index is 0.0220. The molecule has 24 heavy (non-hydrogen) atoms. The topological polar surface area (TPSA) is 102 Å². The van der Waals surface area contributed by atoms with Gasteiger partial charge in [-0.3, -0.25) is 9.47 Å². The van der Waals surface area contributed by atoms with E-state index in [-0.39, 0.29) is 11.5 Å². The number of aromatic hydroxyl groups is 1. The summed E-state index contributed by atoms with van der Waals surface area (Å²) >= 11 is 1.07. The Morgan fingerprint density at radius 1 is 1.29 bits per heavy atom. The van der Waals surface area contributed by atoms with Crippen LogP contribution in [0.15, 0.2) is 47.9 Å². The molecule has 0 radical (unpaired) electrons. The predicted molar refractivity (Wildman–Crippen MR) is 87.3 cm³/mol. The molecule has 0 aliphatic carbocycles. The number of phenols is 1. The van der Waals surface area contributed by atoms with Gasteiger partial charge in [-0.2, -0.15) is 0 Å². The van der Waals surface area contributed by atoms with Crippen LogP contribution in [-0.4, -0.2) is 48.6 Å². The van der Waals surface area contributed by atoms with Crippen LogP contribution < -0.4 is 4.74 Å². The van der Waals surface area contributed by atoms with Crippen molar-refractivity contribution in [2.24, 2.45) is 0 Å². The molecule has 2 heterocycles. The molecule has 3 aromatic rings. The number of hydrogen-bond donors (Lipinski definition) is 2. The molecule has 0 unspecified atom stereocenters. The third-order valence-corrected chi connectivity index (χ3v) is 4.10. The van der Waals surface area contributed by atoms with Gasteiger partial charge >= 0.3 is 5.97 Å². The fraction of sp³-hybridized carbons (Fsp3) is 0.133. The summed E-state index contributed by atoms with van der Waals surface area (Å²) in [7, 11) is 1.46. The van der Waals surface area contributed by atoms with E-state index in [1.165, 1.54) is 13.2 Å². The van der Waals surface area contributed by atoms with E-state index < -0.39 is 5.97 Å². The van der Waals surface area contributed by atoms with E-state index in [0.29, 0.717) is 22.3 Å². The van der Waals surface area contributed by atoms with E-state index in [9.17, 15) is 9.90 Å². The molecule has 8 nitrogen and oxygen atoms in total. The second kappa shape index (κ2) is 6.67. The van der Waals surface area contributed by atoms with Crippen LogP contribution >= 0.6 is 11.8 Å². The lowest BCUT2D eigenvalue weighted by molar-refractivity contribution is -0.133. The molecule has 124 valence electrons. The van der Waals surface area contributed by atoms with Crippen LogP contribution in [0.2, 0.25) is 0 Å². The number of hydrogen-bond acceptors (Lipinski definition) is 6. The van der Waals surface area contributed by atoms with Crippen molar-refractivity contribution in [2.75, 3.05) is 12.9 Å². The minimum Gasteiger partial charge on any atom is -0.504 e. The smallest absolute Gasteiger partial charge is 0.313 e. The number of rotatable bonds is 6. The monoisotopic (exact) mass is 346 g/mol. The van der Waals surface area contributed by atoms with Crippen LogP contribution in [0, 0.1) is 0 Å². The first kappa shape index (κ1) is 15.9. The molecule has 0 amide bonds. The summed E-state index contributed by atoms with van der Waals surface area (Å²) < 4.78 is 8.57. The first-order chi connectivity index (χ1) is 11.6.